The highest BCUT2D eigenvalue weighted by Gasteiger charge is 0.932. The van der Waals surface area contributed by atoms with E-state index in [0.717, 1.165) is 0 Å². The number of halogens is 3. The van der Waals surface area contributed by atoms with Crippen molar-refractivity contribution in [2.24, 2.45) is 0 Å². The van der Waals surface area contributed by atoms with Crippen LogP contribution in [-0.4, -0.2) is 11.5 Å². The van der Waals surface area contributed by atoms with Crippen LogP contribution in [0.3, 0.4) is 0 Å². The van der Waals surface area contributed by atoms with E-state index >= 15 is 0 Å². The molecule has 0 aromatic rings. The molecule has 0 atom stereocenters. The first kappa shape index (κ1) is 65.7. The van der Waals surface area contributed by atoms with E-state index in [0.29, 0.717) is 0 Å². The predicted molar refractivity (Wildman–Crippen MR) is 18.2 cm³/mol. The summed E-state index contributed by atoms with van der Waals surface area (Å²) in [6, 6.07) is 0. The van der Waals surface area contributed by atoms with Gasteiger partial charge in [-0.05, 0) is 0 Å². The summed E-state index contributed by atoms with van der Waals surface area (Å²) in [6.45, 7) is 2.67. The van der Waals surface area contributed by atoms with Crippen LogP contribution >= 0.6 is 0 Å². The monoisotopic (exact) mass is 102 g/mol. The summed E-state index contributed by atoms with van der Waals surface area (Å²) in [7, 11) is 0. The predicted octanol–water partition coefficient (Wildman–Crippen LogP) is 0.374. The minimum absolute atomic E-state index is 0. The Balaban J connectivity index is -0.00000000667. The van der Waals surface area contributed by atoms with E-state index < -0.39 is 0 Å². The van der Waals surface area contributed by atoms with Gasteiger partial charge in [-0.3, -0.25) is 14.1 Å². The molecule has 6 heavy (non-hydrogen) atoms. The molecule has 40 valence electrons. The van der Waals surface area contributed by atoms with Crippen molar-refractivity contribution in [1.82, 2.24) is 0 Å². The molecule has 0 aromatic heterocycles. The third-order valence-electron chi connectivity index (χ3n) is 0. The van der Waals surface area contributed by atoms with Crippen LogP contribution in [-0.2, 0) is 0 Å². The van der Waals surface area contributed by atoms with Crippen molar-refractivity contribution in [3.8, 4) is 0 Å². The molecule has 0 spiro atoms. The lowest BCUT2D eigenvalue weighted by atomic mass is 11.8. The Morgan fingerprint density at radius 1 is 1.17 bits per heavy atom. The second-order valence-electron chi connectivity index (χ2n) is 0.141. The summed E-state index contributed by atoms with van der Waals surface area (Å²) >= 11 is 0. The highest BCUT2D eigenvalue weighted by Crippen LogP contribution is 0.902. The van der Waals surface area contributed by atoms with Gasteiger partial charge in [-0.1, -0.05) is 0 Å². The molecule has 0 aliphatic heterocycles. The first-order valence-electron chi connectivity index (χ1n) is 0.516. The van der Waals surface area contributed by atoms with Crippen molar-refractivity contribution in [1.29, 1.82) is 0 Å². The molecule has 0 amide bonds. The number of hydrogen-bond acceptors (Lipinski definition) is 0. The lowest BCUT2D eigenvalue weighted by Gasteiger charge is -1.16. The van der Waals surface area contributed by atoms with Gasteiger partial charge in [-0.2, -0.15) is 4.79 Å². The molecule has 0 aliphatic rings. The standard InChI is InChI=1S/CH2N2.3FH/c1-3-2;;;/h1H2;3*1H. The maximum atomic E-state index is 7.08. The molecule has 0 bridgehead atoms. The second kappa shape index (κ2) is 1450. The third kappa shape index (κ3) is 21.7. The number of nitrogens with zero attached hydrogens (tertiary/aromatic N) is 2. The number of rotatable bonds is 0. The summed E-state index contributed by atoms with van der Waals surface area (Å²) in [6.07, 6.45) is 0. The summed E-state index contributed by atoms with van der Waals surface area (Å²) in [5.74, 6) is 0. The van der Waals surface area contributed by atoms with E-state index in [1.165, 1.54) is 0 Å². The molecule has 0 fully saturated rings. The second-order valence-corrected chi connectivity index (χ2v) is 0.141. The fraction of sp³-hybridized carbons (Fsp3) is 0. The van der Waals surface area contributed by atoms with Crippen LogP contribution in [0.1, 0.15) is 0 Å². The normalized spacial score (nSPS) is 1.33. The van der Waals surface area contributed by atoms with Crippen molar-refractivity contribution in [2.75, 3.05) is 0 Å². The average Bonchev–Trinajstić information content (AvgIpc) is 0.918. The Morgan fingerprint density at radius 3 is 1.17 bits per heavy atom. The van der Waals surface area contributed by atoms with Gasteiger partial charge in [0, 0.05) is 0 Å². The lowest BCUT2D eigenvalue weighted by molar-refractivity contribution is 0.0110. The topological polar surface area (TPSA) is 36.4 Å². The van der Waals surface area contributed by atoms with Gasteiger partial charge in [0.05, 0.1) is 0 Å². The smallest absolute Gasteiger partial charge is 0.245 e. The summed E-state index contributed by atoms with van der Waals surface area (Å²) in [4.78, 5) is 2.25. The van der Waals surface area contributed by atoms with Crippen molar-refractivity contribution < 1.29 is 18.9 Å². The van der Waals surface area contributed by atoms with Gasteiger partial charge in [0.1, 0.15) is 0 Å². The van der Waals surface area contributed by atoms with E-state index in [-0.39, 0.29) is 14.1 Å². The zero-order valence-electron chi connectivity index (χ0n) is 2.83. The molecule has 2 nitrogen and oxygen atoms in total. The van der Waals surface area contributed by atoms with Gasteiger partial charge in [-0.15, -0.1) is 0 Å². The third-order valence-corrected chi connectivity index (χ3v) is 0. The van der Waals surface area contributed by atoms with Crippen molar-refractivity contribution in [3.63, 3.8) is 0 Å². The molecular weight excluding hydrogens is 97.0 g/mol. The van der Waals surface area contributed by atoms with Gasteiger partial charge >= 0.3 is 0 Å². The first-order chi connectivity index (χ1) is 1.41. The van der Waals surface area contributed by atoms with Crippen LogP contribution in [0.15, 0.2) is 0 Å². The molecule has 0 aliphatic carbocycles. The van der Waals surface area contributed by atoms with E-state index in [1.807, 2.05) is 0 Å². The van der Waals surface area contributed by atoms with Crippen molar-refractivity contribution in [3.05, 3.63) is 5.53 Å². The highest BCUT2D eigenvalue weighted by molar-refractivity contribution is 5.12. The molecule has 0 unspecified atom stereocenters. The van der Waals surface area contributed by atoms with Crippen LogP contribution in [0.25, 0.3) is 5.53 Å². The maximum Gasteiger partial charge on any atom is 0.245 e. The Bertz CT molecular complexity index is 29.8. The molecule has 0 N–H and O–H groups in total. The van der Waals surface area contributed by atoms with Crippen LogP contribution in [0.4, 0.5) is 14.1 Å². The number of hydrogen-bond donors (Lipinski definition) is 0. The Kier molecular flexibility index (Phi) is 15900. The zero-order chi connectivity index (χ0) is 2.71. The highest BCUT2D eigenvalue weighted by atomic mass is 19.0. The van der Waals surface area contributed by atoms with Gasteiger partial charge < -0.3 is 5.53 Å². The Morgan fingerprint density at radius 2 is 1.17 bits per heavy atom. The Labute approximate surface area is 32.5 Å². The molecule has 5 heteroatoms. The van der Waals surface area contributed by atoms with Gasteiger partial charge in [-0.25, -0.2) is 0 Å². The van der Waals surface area contributed by atoms with Crippen LogP contribution in [0.5, 0.6) is 0 Å². The Hall–Kier alpha value is -0.830. The largest absolute Gasteiger partial charge is 0.362 e. The van der Waals surface area contributed by atoms with E-state index in [4.69, 9.17) is 5.53 Å². The van der Waals surface area contributed by atoms with Crippen LogP contribution < -0.4 is 0 Å². The minimum Gasteiger partial charge on any atom is -0.362 e. The summed E-state index contributed by atoms with van der Waals surface area (Å²) in [5.41, 5.74) is 7.08. The zero-order valence-corrected chi connectivity index (χ0v) is 2.83. The molecule has 0 heterocycles. The summed E-state index contributed by atoms with van der Waals surface area (Å²) < 4.78 is 0. The first-order valence-corrected chi connectivity index (χ1v) is 0.516. The van der Waals surface area contributed by atoms with Gasteiger partial charge in [0.2, 0.25) is 6.72 Å². The molecule has 0 rings (SSSR count). The minimum atomic E-state index is 0. The fourth-order valence-electron chi connectivity index (χ4n) is 0. The fourth-order valence-corrected chi connectivity index (χ4v) is 0. The maximum absolute atomic E-state index is 7.08. The quantitative estimate of drug-likeness (QED) is 0.241. The van der Waals surface area contributed by atoms with Gasteiger partial charge in [0.25, 0.3) is 0 Å². The van der Waals surface area contributed by atoms with Crippen LogP contribution in [0.2, 0.25) is 0 Å². The van der Waals surface area contributed by atoms with Gasteiger partial charge in [0.15, 0.2) is 0 Å². The molecular formula is CH5F3N2. The summed E-state index contributed by atoms with van der Waals surface area (Å²) in [5, 5.41) is 0. The average molecular weight is 102 g/mol. The molecule has 0 saturated carbocycles. The van der Waals surface area contributed by atoms with Crippen LogP contribution in [0, 0.1) is 0 Å². The van der Waals surface area contributed by atoms with E-state index in [9.17, 15) is 0 Å². The lowest BCUT2D eigenvalue weighted by Crippen LogP contribution is -1.21. The SMILES string of the molecule is C=[N+]=[N-].F.F.F. The molecule has 0 radical (unpaired) electrons. The van der Waals surface area contributed by atoms with Crippen molar-refractivity contribution >= 4 is 6.72 Å². The molecule has 0 aromatic carbocycles. The van der Waals surface area contributed by atoms with Crippen molar-refractivity contribution in [2.45, 2.75) is 0 Å². The van der Waals surface area contributed by atoms with E-state index in [2.05, 4.69) is 11.5 Å². The molecule has 0 saturated heterocycles. The van der Waals surface area contributed by atoms with E-state index in [1.54, 1.807) is 0 Å².